The minimum atomic E-state index is -0.0186. The van der Waals surface area contributed by atoms with Gasteiger partial charge in [0.1, 0.15) is 0 Å². The van der Waals surface area contributed by atoms with Crippen LogP contribution in [0.5, 0.6) is 0 Å². The van der Waals surface area contributed by atoms with Gasteiger partial charge in [-0.15, -0.1) is 0 Å². The largest absolute Gasteiger partial charge is 0.311 e. The molecule has 16 heavy (non-hydrogen) atoms. The highest BCUT2D eigenvalue weighted by molar-refractivity contribution is 9.10. The quantitative estimate of drug-likeness (QED) is 0.712. The number of anilines is 1. The first kappa shape index (κ1) is 12.1. The highest BCUT2D eigenvalue weighted by Crippen LogP contribution is 2.32. The minimum absolute atomic E-state index is 0.0186. The first-order chi connectivity index (χ1) is 7.50. The summed E-state index contributed by atoms with van der Waals surface area (Å²) in [6, 6.07) is 4.11. The van der Waals surface area contributed by atoms with Crippen molar-refractivity contribution >= 4 is 43.5 Å². The molecule has 1 saturated heterocycles. The van der Waals surface area contributed by atoms with E-state index in [4.69, 9.17) is 0 Å². The van der Waals surface area contributed by atoms with Gasteiger partial charge in [-0.3, -0.25) is 4.79 Å². The molecule has 0 spiro atoms. The van der Waals surface area contributed by atoms with Gasteiger partial charge in [-0.1, -0.05) is 31.9 Å². The number of hydrogen-bond acceptors (Lipinski definition) is 1. The molecule has 1 aliphatic heterocycles. The van der Waals surface area contributed by atoms with Gasteiger partial charge in [0.15, 0.2) is 0 Å². The van der Waals surface area contributed by atoms with E-state index in [1.165, 1.54) is 0 Å². The maximum absolute atomic E-state index is 12.0. The number of carbonyl (C=O) groups excluding carboxylic acids is 1. The van der Waals surface area contributed by atoms with Crippen molar-refractivity contribution in [3.63, 3.8) is 0 Å². The second-order valence-electron chi connectivity index (χ2n) is 4.13. The van der Waals surface area contributed by atoms with Gasteiger partial charge in [0, 0.05) is 16.7 Å². The number of nitrogens with zero attached hydrogens (tertiary/aromatic N) is 1. The molecular weight excluding hydrogens is 334 g/mol. The Hall–Kier alpha value is -0.350. The van der Waals surface area contributed by atoms with Crippen molar-refractivity contribution in [1.29, 1.82) is 0 Å². The van der Waals surface area contributed by atoms with E-state index in [-0.39, 0.29) is 10.7 Å². The van der Waals surface area contributed by atoms with Crippen LogP contribution in [0.3, 0.4) is 0 Å². The minimum Gasteiger partial charge on any atom is -0.311 e. The monoisotopic (exact) mass is 345 g/mol. The van der Waals surface area contributed by atoms with E-state index in [0.717, 1.165) is 34.3 Å². The molecule has 86 valence electrons. The lowest BCUT2D eigenvalue weighted by Gasteiger charge is -2.21. The fraction of sp³-hybridized carbons (Fsp3) is 0.417. The fourth-order valence-electron chi connectivity index (χ4n) is 2.20. The van der Waals surface area contributed by atoms with Crippen LogP contribution in [0.15, 0.2) is 16.6 Å². The van der Waals surface area contributed by atoms with Crippen molar-refractivity contribution in [2.24, 2.45) is 0 Å². The first-order valence-corrected chi connectivity index (χ1v) is 6.94. The third-order valence-electron chi connectivity index (χ3n) is 2.87. The van der Waals surface area contributed by atoms with E-state index in [1.54, 1.807) is 0 Å². The van der Waals surface area contributed by atoms with Crippen molar-refractivity contribution in [2.75, 3.05) is 11.4 Å². The molecule has 1 fully saturated rings. The van der Waals surface area contributed by atoms with E-state index in [1.807, 2.05) is 18.7 Å². The van der Waals surface area contributed by atoms with Crippen molar-refractivity contribution in [3.8, 4) is 0 Å². The van der Waals surface area contributed by atoms with Crippen molar-refractivity contribution in [2.45, 2.75) is 25.1 Å². The molecule has 0 bridgehead atoms. The molecule has 1 aromatic carbocycles. The van der Waals surface area contributed by atoms with Gasteiger partial charge in [-0.2, -0.15) is 0 Å². The number of carbonyl (C=O) groups is 1. The molecule has 2 nitrogen and oxygen atoms in total. The molecule has 0 aliphatic carbocycles. The molecule has 0 N–H and O–H groups in total. The Kier molecular flexibility index (Phi) is 3.40. The van der Waals surface area contributed by atoms with Crippen LogP contribution in [0.25, 0.3) is 0 Å². The summed E-state index contributed by atoms with van der Waals surface area (Å²) in [4.78, 5) is 13.8. The summed E-state index contributed by atoms with van der Waals surface area (Å²) < 4.78 is 1.06. The van der Waals surface area contributed by atoms with Crippen LogP contribution < -0.4 is 4.90 Å². The van der Waals surface area contributed by atoms with Crippen LogP contribution in [0.2, 0.25) is 0 Å². The second-order valence-corrected chi connectivity index (χ2v) is 6.16. The molecule has 1 atom stereocenters. The Morgan fingerprint density at radius 2 is 1.88 bits per heavy atom. The van der Waals surface area contributed by atoms with Crippen molar-refractivity contribution in [1.82, 2.24) is 0 Å². The lowest BCUT2D eigenvalue weighted by molar-refractivity contribution is -0.116. The number of halogens is 2. The van der Waals surface area contributed by atoms with Crippen LogP contribution in [0.1, 0.15) is 17.5 Å². The van der Waals surface area contributed by atoms with Crippen LogP contribution in [0, 0.1) is 13.8 Å². The number of benzene rings is 1. The average Bonchev–Trinajstić information content (AvgIpc) is 2.48. The lowest BCUT2D eigenvalue weighted by Crippen LogP contribution is -2.28. The summed E-state index contributed by atoms with van der Waals surface area (Å²) in [7, 11) is 0. The number of alkyl halides is 1. The molecule has 0 radical (unpaired) electrons. The molecule has 1 heterocycles. The maximum Gasteiger partial charge on any atom is 0.240 e. The molecule has 4 heteroatoms. The molecule has 1 aromatic rings. The predicted molar refractivity (Wildman–Crippen MR) is 73.3 cm³/mol. The van der Waals surface area contributed by atoms with Gasteiger partial charge < -0.3 is 4.90 Å². The number of amides is 1. The molecule has 0 saturated carbocycles. The molecule has 0 aromatic heterocycles. The second kappa shape index (κ2) is 4.49. The Balaban J connectivity index is 2.45. The number of rotatable bonds is 1. The molecule has 1 amide bonds. The summed E-state index contributed by atoms with van der Waals surface area (Å²) in [5.41, 5.74) is 3.35. The van der Waals surface area contributed by atoms with E-state index in [2.05, 4.69) is 44.0 Å². The van der Waals surface area contributed by atoms with Crippen molar-refractivity contribution in [3.05, 3.63) is 27.7 Å². The molecular formula is C12H13Br2NO. The van der Waals surface area contributed by atoms with Gasteiger partial charge in [-0.05, 0) is 43.5 Å². The number of hydrogen-bond donors (Lipinski definition) is 0. The third-order valence-corrected chi connectivity index (χ3v) is 4.17. The van der Waals surface area contributed by atoms with Gasteiger partial charge in [-0.25, -0.2) is 0 Å². The van der Waals surface area contributed by atoms with E-state index in [9.17, 15) is 4.79 Å². The Bertz CT molecular complexity index is 422. The summed E-state index contributed by atoms with van der Waals surface area (Å²) in [5, 5.41) is 0. The molecule has 1 aliphatic rings. The zero-order valence-corrected chi connectivity index (χ0v) is 12.4. The van der Waals surface area contributed by atoms with Crippen LogP contribution >= 0.6 is 31.9 Å². The maximum atomic E-state index is 12.0. The van der Waals surface area contributed by atoms with E-state index in [0.29, 0.717) is 0 Å². The lowest BCUT2D eigenvalue weighted by atomic mass is 10.1. The van der Waals surface area contributed by atoms with Crippen LogP contribution in [-0.4, -0.2) is 17.3 Å². The summed E-state index contributed by atoms with van der Waals surface area (Å²) >= 11 is 6.87. The Morgan fingerprint density at radius 1 is 1.31 bits per heavy atom. The SMILES string of the molecule is Cc1cc(Br)cc(C)c1N1CCC(Br)C1=O. The average molecular weight is 347 g/mol. The standard InChI is InChI=1S/C12H13Br2NO/c1-7-5-9(13)6-8(2)11(7)15-4-3-10(14)12(15)16/h5-6,10H,3-4H2,1-2H3. The Labute approximate surface area is 112 Å². The molecule has 2 rings (SSSR count). The third kappa shape index (κ3) is 2.05. The summed E-state index contributed by atoms with van der Waals surface area (Å²) in [6.45, 7) is 4.89. The van der Waals surface area contributed by atoms with Gasteiger partial charge >= 0.3 is 0 Å². The smallest absolute Gasteiger partial charge is 0.240 e. The first-order valence-electron chi connectivity index (χ1n) is 5.23. The van der Waals surface area contributed by atoms with Gasteiger partial charge in [0.05, 0.1) is 4.83 Å². The molecule has 1 unspecified atom stereocenters. The zero-order valence-electron chi connectivity index (χ0n) is 9.26. The van der Waals surface area contributed by atoms with Gasteiger partial charge in [0.2, 0.25) is 5.91 Å². The van der Waals surface area contributed by atoms with Crippen LogP contribution in [0.4, 0.5) is 5.69 Å². The zero-order chi connectivity index (χ0) is 11.9. The number of aryl methyl sites for hydroxylation is 2. The highest BCUT2D eigenvalue weighted by Gasteiger charge is 2.31. The van der Waals surface area contributed by atoms with Crippen molar-refractivity contribution < 1.29 is 4.79 Å². The normalized spacial score (nSPS) is 20.6. The van der Waals surface area contributed by atoms with Gasteiger partial charge in [0.25, 0.3) is 0 Å². The van der Waals surface area contributed by atoms with E-state index >= 15 is 0 Å². The van der Waals surface area contributed by atoms with Crippen LogP contribution in [-0.2, 0) is 4.79 Å². The fourth-order valence-corrected chi connectivity index (χ4v) is 3.33. The predicted octanol–water partition coefficient (Wildman–Crippen LogP) is 3.57. The van der Waals surface area contributed by atoms with E-state index < -0.39 is 0 Å². The summed E-state index contributed by atoms with van der Waals surface area (Å²) in [6.07, 6.45) is 0.883. The Morgan fingerprint density at radius 3 is 2.31 bits per heavy atom. The highest BCUT2D eigenvalue weighted by atomic mass is 79.9. The topological polar surface area (TPSA) is 20.3 Å². The summed E-state index contributed by atoms with van der Waals surface area (Å²) in [5.74, 6) is 0.175.